The number of hydrogen-bond acceptors (Lipinski definition) is 2. The van der Waals surface area contributed by atoms with Gasteiger partial charge < -0.3 is 10.2 Å². The molecule has 0 bridgehead atoms. The maximum Gasteiger partial charge on any atom is 0.0340 e. The first-order chi connectivity index (χ1) is 8.83. The molecule has 0 unspecified atom stereocenters. The van der Waals surface area contributed by atoms with E-state index in [0.29, 0.717) is 0 Å². The first-order valence-electron chi connectivity index (χ1n) is 7.39. The third kappa shape index (κ3) is 3.49. The third-order valence-electron chi connectivity index (χ3n) is 4.00. The van der Waals surface area contributed by atoms with E-state index in [4.69, 9.17) is 0 Å². The zero-order valence-electron chi connectivity index (χ0n) is 11.8. The number of benzene rings is 1. The second-order valence-electron chi connectivity index (χ2n) is 5.26. The predicted molar refractivity (Wildman–Crippen MR) is 79.3 cm³/mol. The van der Waals surface area contributed by atoms with Crippen molar-refractivity contribution < 1.29 is 0 Å². The van der Waals surface area contributed by atoms with E-state index in [9.17, 15) is 0 Å². The van der Waals surface area contributed by atoms with Crippen LogP contribution in [0.2, 0.25) is 0 Å². The van der Waals surface area contributed by atoms with Gasteiger partial charge in [-0.05, 0) is 62.5 Å². The summed E-state index contributed by atoms with van der Waals surface area (Å²) >= 11 is 0. The van der Waals surface area contributed by atoms with Gasteiger partial charge in [0.2, 0.25) is 0 Å². The molecule has 100 valence electrons. The zero-order chi connectivity index (χ0) is 12.8. The second kappa shape index (κ2) is 6.79. The molecule has 0 saturated carbocycles. The van der Waals surface area contributed by atoms with Crippen LogP contribution in [0, 0.1) is 0 Å². The molecular weight excluding hydrogens is 220 g/mol. The van der Waals surface area contributed by atoms with Crippen molar-refractivity contribution in [3.63, 3.8) is 0 Å². The van der Waals surface area contributed by atoms with Crippen LogP contribution in [0.25, 0.3) is 0 Å². The summed E-state index contributed by atoms with van der Waals surface area (Å²) in [6.07, 6.45) is 3.81. The molecule has 1 N–H and O–H groups in total. The molecule has 1 aliphatic rings. The van der Waals surface area contributed by atoms with Crippen LogP contribution in [-0.4, -0.2) is 31.1 Å². The highest BCUT2D eigenvalue weighted by atomic mass is 15.1. The molecule has 1 aliphatic heterocycles. The molecular formula is C16H26N2. The maximum absolute atomic E-state index is 3.43. The SMILES string of the molecule is CCCNc1ccc(C2CCN(CC)CC2)cc1. The first kappa shape index (κ1) is 13.4. The van der Waals surface area contributed by atoms with Crippen molar-refractivity contribution in [1.29, 1.82) is 0 Å². The number of piperidine rings is 1. The molecule has 0 aliphatic carbocycles. The number of rotatable bonds is 5. The van der Waals surface area contributed by atoms with Gasteiger partial charge in [-0.1, -0.05) is 26.0 Å². The summed E-state index contributed by atoms with van der Waals surface area (Å²) in [5.41, 5.74) is 2.78. The monoisotopic (exact) mass is 246 g/mol. The molecule has 18 heavy (non-hydrogen) atoms. The second-order valence-corrected chi connectivity index (χ2v) is 5.26. The molecule has 0 aromatic heterocycles. The number of anilines is 1. The molecule has 1 heterocycles. The Labute approximate surface area is 111 Å². The van der Waals surface area contributed by atoms with Gasteiger partial charge in [-0.2, -0.15) is 0 Å². The van der Waals surface area contributed by atoms with Crippen molar-refractivity contribution in [2.24, 2.45) is 0 Å². The van der Waals surface area contributed by atoms with Gasteiger partial charge >= 0.3 is 0 Å². The fourth-order valence-corrected chi connectivity index (χ4v) is 2.72. The third-order valence-corrected chi connectivity index (χ3v) is 4.00. The largest absolute Gasteiger partial charge is 0.385 e. The van der Waals surface area contributed by atoms with E-state index < -0.39 is 0 Å². The van der Waals surface area contributed by atoms with Crippen LogP contribution in [0.15, 0.2) is 24.3 Å². The fraction of sp³-hybridized carbons (Fsp3) is 0.625. The molecule has 0 atom stereocenters. The molecule has 1 fully saturated rings. The van der Waals surface area contributed by atoms with Gasteiger partial charge in [0.1, 0.15) is 0 Å². The molecule has 2 heteroatoms. The Balaban J connectivity index is 1.89. The minimum absolute atomic E-state index is 0.771. The standard InChI is InChI=1S/C16H26N2/c1-3-11-17-16-7-5-14(6-8-16)15-9-12-18(4-2)13-10-15/h5-8,15,17H,3-4,9-13H2,1-2H3. The summed E-state index contributed by atoms with van der Waals surface area (Å²) in [7, 11) is 0. The van der Waals surface area contributed by atoms with Crippen LogP contribution >= 0.6 is 0 Å². The van der Waals surface area contributed by atoms with Gasteiger partial charge in [0.05, 0.1) is 0 Å². The highest BCUT2D eigenvalue weighted by Gasteiger charge is 2.19. The number of nitrogens with one attached hydrogen (secondary N) is 1. The van der Waals surface area contributed by atoms with E-state index in [1.54, 1.807) is 0 Å². The molecule has 1 saturated heterocycles. The van der Waals surface area contributed by atoms with Crippen LogP contribution < -0.4 is 5.32 Å². The van der Waals surface area contributed by atoms with Crippen molar-refractivity contribution in [2.75, 3.05) is 31.5 Å². The average Bonchev–Trinajstić information content (AvgIpc) is 2.46. The minimum atomic E-state index is 0.771. The predicted octanol–water partition coefficient (Wildman–Crippen LogP) is 3.71. The minimum Gasteiger partial charge on any atom is -0.385 e. The van der Waals surface area contributed by atoms with Crippen LogP contribution in [0.5, 0.6) is 0 Å². The van der Waals surface area contributed by atoms with Crippen LogP contribution in [0.4, 0.5) is 5.69 Å². The lowest BCUT2D eigenvalue weighted by atomic mass is 9.89. The van der Waals surface area contributed by atoms with Gasteiger partial charge in [-0.3, -0.25) is 0 Å². The summed E-state index contributed by atoms with van der Waals surface area (Å²) in [6, 6.07) is 9.09. The Morgan fingerprint density at radius 3 is 2.33 bits per heavy atom. The van der Waals surface area contributed by atoms with Crippen molar-refractivity contribution in [3.05, 3.63) is 29.8 Å². The van der Waals surface area contributed by atoms with E-state index in [1.807, 2.05) is 0 Å². The molecule has 1 aromatic rings. The summed E-state index contributed by atoms with van der Waals surface area (Å²) in [6.45, 7) is 9.24. The topological polar surface area (TPSA) is 15.3 Å². The molecule has 1 aromatic carbocycles. The number of nitrogens with zero attached hydrogens (tertiary/aromatic N) is 1. The summed E-state index contributed by atoms with van der Waals surface area (Å²) < 4.78 is 0. The van der Waals surface area contributed by atoms with E-state index in [2.05, 4.69) is 48.3 Å². The smallest absolute Gasteiger partial charge is 0.0340 e. The summed E-state index contributed by atoms with van der Waals surface area (Å²) in [4.78, 5) is 2.55. The zero-order valence-corrected chi connectivity index (χ0v) is 11.8. The van der Waals surface area contributed by atoms with Gasteiger partial charge in [-0.25, -0.2) is 0 Å². The average molecular weight is 246 g/mol. The summed E-state index contributed by atoms with van der Waals surface area (Å²) in [5, 5.41) is 3.43. The van der Waals surface area contributed by atoms with Gasteiger partial charge in [0, 0.05) is 12.2 Å². The Bertz CT molecular complexity index is 337. The Morgan fingerprint density at radius 1 is 1.11 bits per heavy atom. The van der Waals surface area contributed by atoms with Gasteiger partial charge in [0.15, 0.2) is 0 Å². The number of hydrogen-bond donors (Lipinski definition) is 1. The van der Waals surface area contributed by atoms with Crippen molar-refractivity contribution in [1.82, 2.24) is 4.90 Å². The van der Waals surface area contributed by atoms with Crippen LogP contribution in [-0.2, 0) is 0 Å². The van der Waals surface area contributed by atoms with E-state index in [-0.39, 0.29) is 0 Å². The molecule has 0 spiro atoms. The lowest BCUT2D eigenvalue weighted by Gasteiger charge is -2.31. The number of likely N-dealkylation sites (tertiary alicyclic amines) is 1. The molecule has 2 nitrogen and oxygen atoms in total. The quantitative estimate of drug-likeness (QED) is 0.852. The maximum atomic E-state index is 3.43. The van der Waals surface area contributed by atoms with E-state index >= 15 is 0 Å². The molecule has 0 radical (unpaired) electrons. The van der Waals surface area contributed by atoms with Gasteiger partial charge in [0.25, 0.3) is 0 Å². The van der Waals surface area contributed by atoms with Crippen LogP contribution in [0.3, 0.4) is 0 Å². The van der Waals surface area contributed by atoms with Gasteiger partial charge in [-0.15, -0.1) is 0 Å². The Kier molecular flexibility index (Phi) is 5.06. The molecule has 2 rings (SSSR count). The normalized spacial score (nSPS) is 17.9. The highest BCUT2D eigenvalue weighted by molar-refractivity contribution is 5.45. The van der Waals surface area contributed by atoms with Crippen LogP contribution in [0.1, 0.15) is 44.6 Å². The lowest BCUT2D eigenvalue weighted by Crippen LogP contribution is -2.32. The summed E-state index contributed by atoms with van der Waals surface area (Å²) in [5.74, 6) is 0.771. The molecule has 0 amide bonds. The Hall–Kier alpha value is -1.02. The van der Waals surface area contributed by atoms with Crippen molar-refractivity contribution in [2.45, 2.75) is 39.0 Å². The highest BCUT2D eigenvalue weighted by Crippen LogP contribution is 2.28. The van der Waals surface area contributed by atoms with E-state index in [1.165, 1.54) is 50.1 Å². The Morgan fingerprint density at radius 2 is 1.78 bits per heavy atom. The van der Waals surface area contributed by atoms with E-state index in [0.717, 1.165) is 12.5 Å². The van der Waals surface area contributed by atoms with Crippen molar-refractivity contribution >= 4 is 5.69 Å². The fourth-order valence-electron chi connectivity index (χ4n) is 2.72. The first-order valence-corrected chi connectivity index (χ1v) is 7.39. The lowest BCUT2D eigenvalue weighted by molar-refractivity contribution is 0.222. The van der Waals surface area contributed by atoms with Crippen molar-refractivity contribution in [3.8, 4) is 0 Å².